The van der Waals surface area contributed by atoms with Crippen molar-refractivity contribution >= 4 is 16.7 Å². The van der Waals surface area contributed by atoms with Crippen molar-refractivity contribution in [2.45, 2.75) is 25.5 Å². The maximum absolute atomic E-state index is 13.2. The summed E-state index contributed by atoms with van der Waals surface area (Å²) in [7, 11) is 0. The molecule has 1 aromatic heterocycles. The van der Waals surface area contributed by atoms with Gasteiger partial charge in [-0.25, -0.2) is 0 Å². The lowest BCUT2D eigenvalue weighted by molar-refractivity contribution is 0.0507. The van der Waals surface area contributed by atoms with Crippen molar-refractivity contribution in [2.75, 3.05) is 13.2 Å². The van der Waals surface area contributed by atoms with E-state index in [1.54, 1.807) is 6.20 Å². The molecule has 1 saturated heterocycles. The van der Waals surface area contributed by atoms with Gasteiger partial charge in [0.25, 0.3) is 5.91 Å². The van der Waals surface area contributed by atoms with Gasteiger partial charge in [-0.05, 0) is 47.4 Å². The molecule has 1 aliphatic rings. The van der Waals surface area contributed by atoms with Crippen LogP contribution in [0.4, 0.5) is 0 Å². The van der Waals surface area contributed by atoms with E-state index >= 15 is 0 Å². The summed E-state index contributed by atoms with van der Waals surface area (Å²) in [4.78, 5) is 19.3. The van der Waals surface area contributed by atoms with Crippen molar-refractivity contribution in [2.24, 2.45) is 0 Å². The predicted molar refractivity (Wildman–Crippen MR) is 102 cm³/mol. The number of fused-ring (bicyclic) bond motifs is 1. The average molecular weight is 346 g/mol. The third kappa shape index (κ3) is 3.75. The zero-order valence-electron chi connectivity index (χ0n) is 14.7. The number of carbonyl (C=O) groups is 1. The van der Waals surface area contributed by atoms with Gasteiger partial charge >= 0.3 is 0 Å². The van der Waals surface area contributed by atoms with Crippen LogP contribution in [0.3, 0.4) is 0 Å². The molecule has 1 fully saturated rings. The van der Waals surface area contributed by atoms with Crippen molar-refractivity contribution in [1.29, 1.82) is 0 Å². The molecule has 26 heavy (non-hydrogen) atoms. The van der Waals surface area contributed by atoms with Gasteiger partial charge in [0.2, 0.25) is 0 Å². The van der Waals surface area contributed by atoms with Crippen LogP contribution in [0.1, 0.15) is 28.8 Å². The Hall–Kier alpha value is -2.72. The summed E-state index contributed by atoms with van der Waals surface area (Å²) < 4.78 is 5.77. The molecule has 0 radical (unpaired) electrons. The highest BCUT2D eigenvalue weighted by atomic mass is 16.5. The summed E-state index contributed by atoms with van der Waals surface area (Å²) >= 11 is 0. The maximum atomic E-state index is 13.2. The number of amides is 1. The SMILES string of the molecule is O=C(c1ccc2ccccc2c1)N(Cc1cccnc1)CC1CCCO1. The van der Waals surface area contributed by atoms with Gasteiger partial charge in [0.05, 0.1) is 6.10 Å². The minimum Gasteiger partial charge on any atom is -0.376 e. The molecule has 0 saturated carbocycles. The van der Waals surface area contributed by atoms with Gasteiger partial charge in [-0.2, -0.15) is 0 Å². The molecule has 4 rings (SSSR count). The highest BCUT2D eigenvalue weighted by Gasteiger charge is 2.24. The summed E-state index contributed by atoms with van der Waals surface area (Å²) in [5.41, 5.74) is 1.74. The molecule has 1 atom stereocenters. The van der Waals surface area contributed by atoms with Gasteiger partial charge < -0.3 is 9.64 Å². The van der Waals surface area contributed by atoms with E-state index in [1.165, 1.54) is 0 Å². The molecule has 0 aliphatic carbocycles. The molecule has 2 aromatic carbocycles. The molecule has 0 bridgehead atoms. The highest BCUT2D eigenvalue weighted by Crippen LogP contribution is 2.20. The van der Waals surface area contributed by atoms with Gasteiger partial charge in [0.15, 0.2) is 0 Å². The van der Waals surface area contributed by atoms with Crippen LogP contribution < -0.4 is 0 Å². The summed E-state index contributed by atoms with van der Waals surface area (Å²) in [5.74, 6) is 0.0371. The normalized spacial score (nSPS) is 16.7. The van der Waals surface area contributed by atoms with Crippen LogP contribution in [-0.4, -0.2) is 35.0 Å². The lowest BCUT2D eigenvalue weighted by atomic mass is 10.1. The van der Waals surface area contributed by atoms with Crippen molar-refractivity contribution in [3.63, 3.8) is 0 Å². The highest BCUT2D eigenvalue weighted by molar-refractivity contribution is 5.98. The van der Waals surface area contributed by atoms with E-state index in [-0.39, 0.29) is 12.0 Å². The second-order valence-electron chi connectivity index (χ2n) is 6.74. The van der Waals surface area contributed by atoms with Gasteiger partial charge in [-0.1, -0.05) is 36.4 Å². The molecule has 4 nitrogen and oxygen atoms in total. The van der Waals surface area contributed by atoms with Crippen LogP contribution in [0.2, 0.25) is 0 Å². The monoisotopic (exact) mass is 346 g/mol. The fourth-order valence-corrected chi connectivity index (χ4v) is 3.47. The van der Waals surface area contributed by atoms with Gasteiger partial charge in [0.1, 0.15) is 0 Å². The Morgan fingerprint density at radius 2 is 2.00 bits per heavy atom. The van der Waals surface area contributed by atoms with E-state index in [9.17, 15) is 4.79 Å². The number of benzene rings is 2. The number of hydrogen-bond acceptors (Lipinski definition) is 3. The van der Waals surface area contributed by atoms with Crippen LogP contribution in [0, 0.1) is 0 Å². The van der Waals surface area contributed by atoms with Gasteiger partial charge in [-0.3, -0.25) is 9.78 Å². The molecule has 0 spiro atoms. The number of rotatable bonds is 5. The van der Waals surface area contributed by atoms with Crippen LogP contribution in [0.15, 0.2) is 67.0 Å². The first-order valence-electron chi connectivity index (χ1n) is 9.08. The second kappa shape index (κ2) is 7.67. The first-order valence-corrected chi connectivity index (χ1v) is 9.08. The molecule has 2 heterocycles. The third-order valence-corrected chi connectivity index (χ3v) is 4.83. The van der Waals surface area contributed by atoms with Crippen LogP contribution in [-0.2, 0) is 11.3 Å². The second-order valence-corrected chi connectivity index (χ2v) is 6.74. The van der Waals surface area contributed by atoms with Crippen molar-refractivity contribution in [3.8, 4) is 0 Å². The Morgan fingerprint density at radius 1 is 1.12 bits per heavy atom. The molecule has 1 unspecified atom stereocenters. The largest absolute Gasteiger partial charge is 0.376 e. The molecule has 4 heteroatoms. The molecule has 3 aromatic rings. The zero-order valence-corrected chi connectivity index (χ0v) is 14.7. The molecule has 1 aliphatic heterocycles. The lowest BCUT2D eigenvalue weighted by Gasteiger charge is -2.26. The Morgan fingerprint density at radius 3 is 2.77 bits per heavy atom. The summed E-state index contributed by atoms with van der Waals surface area (Å²) in [6.45, 7) is 1.94. The minimum atomic E-state index is 0.0371. The standard InChI is InChI=1S/C22H22N2O2/c25-22(20-10-9-18-6-1-2-7-19(18)13-20)24(16-21-8-4-12-26-21)15-17-5-3-11-23-14-17/h1-3,5-7,9-11,13-14,21H,4,8,12,15-16H2. The van der Waals surface area contributed by atoms with Gasteiger partial charge in [0, 0.05) is 37.7 Å². The quantitative estimate of drug-likeness (QED) is 0.700. The van der Waals surface area contributed by atoms with Crippen LogP contribution in [0.5, 0.6) is 0 Å². The fourth-order valence-electron chi connectivity index (χ4n) is 3.47. The molecule has 0 N–H and O–H groups in total. The van der Waals surface area contributed by atoms with Crippen molar-refractivity contribution in [1.82, 2.24) is 9.88 Å². The summed E-state index contributed by atoms with van der Waals surface area (Å²) in [5, 5.41) is 2.22. The van der Waals surface area contributed by atoms with E-state index in [1.807, 2.05) is 59.6 Å². The molecule has 132 valence electrons. The molecule has 1 amide bonds. The Labute approximate surface area is 153 Å². The zero-order chi connectivity index (χ0) is 17.8. The predicted octanol–water partition coefficient (Wildman–Crippen LogP) is 4.06. The smallest absolute Gasteiger partial charge is 0.254 e. The molecular formula is C22H22N2O2. The first kappa shape index (κ1) is 16.7. The van der Waals surface area contributed by atoms with Crippen molar-refractivity contribution in [3.05, 3.63) is 78.1 Å². The fraction of sp³-hybridized carbons (Fsp3) is 0.273. The van der Waals surface area contributed by atoms with Gasteiger partial charge in [-0.15, -0.1) is 0 Å². The van der Waals surface area contributed by atoms with E-state index in [0.29, 0.717) is 18.7 Å². The average Bonchev–Trinajstić information content (AvgIpc) is 3.20. The number of pyridine rings is 1. The van der Waals surface area contributed by atoms with E-state index in [0.717, 1.165) is 35.8 Å². The van der Waals surface area contributed by atoms with E-state index < -0.39 is 0 Å². The van der Waals surface area contributed by atoms with E-state index in [4.69, 9.17) is 4.74 Å². The van der Waals surface area contributed by atoms with Crippen LogP contribution >= 0.6 is 0 Å². The van der Waals surface area contributed by atoms with E-state index in [2.05, 4.69) is 11.1 Å². The first-order chi connectivity index (χ1) is 12.8. The summed E-state index contributed by atoms with van der Waals surface area (Å²) in [6.07, 6.45) is 5.76. The number of hydrogen-bond donors (Lipinski definition) is 0. The Bertz CT molecular complexity index is 889. The molecular weight excluding hydrogens is 324 g/mol. The number of aromatic nitrogens is 1. The number of nitrogens with zero attached hydrogens (tertiary/aromatic N) is 2. The Kier molecular flexibility index (Phi) is 4.93. The van der Waals surface area contributed by atoms with Crippen molar-refractivity contribution < 1.29 is 9.53 Å². The third-order valence-electron chi connectivity index (χ3n) is 4.83. The topological polar surface area (TPSA) is 42.4 Å². The number of ether oxygens (including phenoxy) is 1. The van der Waals surface area contributed by atoms with Crippen LogP contribution in [0.25, 0.3) is 10.8 Å². The minimum absolute atomic E-state index is 0.0371. The summed E-state index contributed by atoms with van der Waals surface area (Å²) in [6, 6.07) is 17.9. The Balaban J connectivity index is 1.60. The maximum Gasteiger partial charge on any atom is 0.254 e. The lowest BCUT2D eigenvalue weighted by Crippen LogP contribution is -2.37. The number of carbonyl (C=O) groups excluding carboxylic acids is 1.